The lowest BCUT2D eigenvalue weighted by atomic mass is 9.82. The number of ether oxygens (including phenoxy) is 1. The fraction of sp³-hybridized carbons (Fsp3) is 0.529. The van der Waals surface area contributed by atoms with Crippen LogP contribution in [0.5, 0.6) is 0 Å². The Morgan fingerprint density at radius 2 is 2.05 bits per heavy atom. The van der Waals surface area contributed by atoms with E-state index in [9.17, 15) is 9.59 Å². The van der Waals surface area contributed by atoms with Gasteiger partial charge in [0.15, 0.2) is 0 Å². The van der Waals surface area contributed by atoms with E-state index in [1.54, 1.807) is 11.8 Å². The molecule has 120 valence electrons. The van der Waals surface area contributed by atoms with Gasteiger partial charge in [-0.1, -0.05) is 44.2 Å². The first-order valence-corrected chi connectivity index (χ1v) is 7.70. The average Bonchev–Trinajstić information content (AvgIpc) is 2.46. The van der Waals surface area contributed by atoms with Crippen LogP contribution in [0, 0.1) is 5.41 Å². The van der Waals surface area contributed by atoms with E-state index in [-0.39, 0.29) is 11.3 Å². The van der Waals surface area contributed by atoms with E-state index >= 15 is 0 Å². The van der Waals surface area contributed by atoms with Gasteiger partial charge in [0, 0.05) is 13.0 Å². The van der Waals surface area contributed by atoms with E-state index < -0.39 is 12.3 Å². The summed E-state index contributed by atoms with van der Waals surface area (Å²) in [6.45, 7) is 6.87. The number of nitrogens with zero attached hydrogens (tertiary/aromatic N) is 1. The van der Waals surface area contributed by atoms with Crippen LogP contribution in [0.1, 0.15) is 45.3 Å². The molecule has 1 atom stereocenters. The number of hydrogen-bond acceptors (Lipinski definition) is 3. The van der Waals surface area contributed by atoms with Gasteiger partial charge in [0.2, 0.25) is 5.91 Å². The van der Waals surface area contributed by atoms with Crippen LogP contribution in [-0.2, 0) is 9.53 Å². The van der Waals surface area contributed by atoms with Crippen molar-refractivity contribution < 1.29 is 14.3 Å². The summed E-state index contributed by atoms with van der Waals surface area (Å²) in [5, 5.41) is 2.81. The first-order valence-electron chi connectivity index (χ1n) is 7.70. The minimum absolute atomic E-state index is 0.0126. The van der Waals surface area contributed by atoms with Crippen molar-refractivity contribution in [3.05, 3.63) is 35.9 Å². The van der Waals surface area contributed by atoms with Crippen LogP contribution in [0.25, 0.3) is 0 Å². The van der Waals surface area contributed by atoms with Gasteiger partial charge in [-0.15, -0.1) is 0 Å². The minimum atomic E-state index is -0.506. The topological polar surface area (TPSA) is 58.6 Å². The number of rotatable bonds is 4. The van der Waals surface area contributed by atoms with Gasteiger partial charge >= 0.3 is 6.09 Å². The van der Waals surface area contributed by atoms with E-state index in [0.717, 1.165) is 12.0 Å². The lowest BCUT2D eigenvalue weighted by Crippen LogP contribution is -2.49. The molecule has 0 aromatic heterocycles. The zero-order chi connectivity index (χ0) is 16.2. The van der Waals surface area contributed by atoms with Gasteiger partial charge in [0.25, 0.3) is 0 Å². The maximum absolute atomic E-state index is 12.5. The van der Waals surface area contributed by atoms with Gasteiger partial charge < -0.3 is 9.64 Å². The number of hydrogen-bond donors (Lipinski definition) is 1. The summed E-state index contributed by atoms with van der Waals surface area (Å²) in [6.07, 6.45) is 0.408. The van der Waals surface area contributed by atoms with Gasteiger partial charge in [0.1, 0.15) is 6.17 Å². The monoisotopic (exact) mass is 304 g/mol. The molecule has 5 heteroatoms. The predicted octanol–water partition coefficient (Wildman–Crippen LogP) is 3.08. The summed E-state index contributed by atoms with van der Waals surface area (Å²) in [4.78, 5) is 26.1. The van der Waals surface area contributed by atoms with E-state index in [4.69, 9.17) is 4.74 Å². The summed E-state index contributed by atoms with van der Waals surface area (Å²) >= 11 is 0. The molecule has 0 saturated carbocycles. The van der Waals surface area contributed by atoms with Gasteiger partial charge in [-0.2, -0.15) is 0 Å². The number of amides is 2. The zero-order valence-electron chi connectivity index (χ0n) is 13.5. The average molecular weight is 304 g/mol. The fourth-order valence-corrected chi connectivity index (χ4v) is 2.68. The molecule has 0 aliphatic carbocycles. The number of carbonyl (C=O) groups is 2. The van der Waals surface area contributed by atoms with Gasteiger partial charge in [-0.3, -0.25) is 10.1 Å². The van der Waals surface area contributed by atoms with Crippen LogP contribution < -0.4 is 5.32 Å². The molecule has 0 radical (unpaired) electrons. The largest absolute Gasteiger partial charge is 0.450 e. The molecule has 1 aliphatic rings. The first kappa shape index (κ1) is 16.3. The van der Waals surface area contributed by atoms with E-state index in [1.807, 2.05) is 30.3 Å². The zero-order valence-corrected chi connectivity index (χ0v) is 13.5. The molecule has 1 saturated heterocycles. The number of likely N-dealkylation sites (tertiary alicyclic amines) is 1. The minimum Gasteiger partial charge on any atom is -0.450 e. The highest BCUT2D eigenvalue weighted by Crippen LogP contribution is 2.34. The molecule has 1 N–H and O–H groups in total. The molecule has 2 rings (SSSR count). The third-order valence-electron chi connectivity index (χ3n) is 3.94. The van der Waals surface area contributed by atoms with E-state index in [2.05, 4.69) is 19.2 Å². The molecular formula is C17H24N2O3. The van der Waals surface area contributed by atoms with Crippen LogP contribution in [0.2, 0.25) is 0 Å². The Morgan fingerprint density at radius 1 is 1.36 bits per heavy atom. The summed E-state index contributed by atoms with van der Waals surface area (Å²) < 4.78 is 4.97. The Bertz CT molecular complexity index is 528. The molecular weight excluding hydrogens is 280 g/mol. The molecule has 22 heavy (non-hydrogen) atoms. The maximum Gasteiger partial charge on any atom is 0.409 e. The Morgan fingerprint density at radius 3 is 2.64 bits per heavy atom. The van der Waals surface area contributed by atoms with Crippen molar-refractivity contribution in [3.63, 3.8) is 0 Å². The first-order chi connectivity index (χ1) is 10.4. The number of nitrogens with one attached hydrogen (secondary N) is 1. The van der Waals surface area contributed by atoms with E-state index in [1.165, 1.54) is 0 Å². The van der Waals surface area contributed by atoms with Crippen molar-refractivity contribution in [2.75, 3.05) is 13.2 Å². The third-order valence-corrected chi connectivity index (χ3v) is 3.94. The molecule has 2 amide bonds. The lowest BCUT2D eigenvalue weighted by molar-refractivity contribution is -0.140. The Kier molecular flexibility index (Phi) is 5.06. The third kappa shape index (κ3) is 4.00. The highest BCUT2D eigenvalue weighted by atomic mass is 16.5. The maximum atomic E-state index is 12.5. The van der Waals surface area contributed by atoms with Crippen LogP contribution in [0.15, 0.2) is 30.3 Å². The fourth-order valence-electron chi connectivity index (χ4n) is 2.68. The predicted molar refractivity (Wildman–Crippen MR) is 84.1 cm³/mol. The highest BCUT2D eigenvalue weighted by molar-refractivity contribution is 5.79. The number of piperidine rings is 1. The molecule has 1 heterocycles. The molecule has 0 bridgehead atoms. The van der Waals surface area contributed by atoms with Gasteiger partial charge in [-0.25, -0.2) is 4.79 Å². The van der Waals surface area contributed by atoms with E-state index in [0.29, 0.717) is 19.6 Å². The lowest BCUT2D eigenvalue weighted by Gasteiger charge is -2.40. The highest BCUT2D eigenvalue weighted by Gasteiger charge is 2.36. The molecule has 1 aromatic carbocycles. The van der Waals surface area contributed by atoms with Crippen molar-refractivity contribution in [1.82, 2.24) is 10.2 Å². The van der Waals surface area contributed by atoms with Crippen LogP contribution in [0.4, 0.5) is 4.79 Å². The second kappa shape index (κ2) is 6.81. The van der Waals surface area contributed by atoms with Crippen LogP contribution >= 0.6 is 0 Å². The van der Waals surface area contributed by atoms with Crippen molar-refractivity contribution in [1.29, 1.82) is 0 Å². The Labute approximate surface area is 131 Å². The normalized spacial score (nSPS) is 18.7. The van der Waals surface area contributed by atoms with Gasteiger partial charge in [-0.05, 0) is 24.3 Å². The number of alkyl carbamates (subject to hydrolysis) is 1. The standard InChI is InChI=1S/C17H24N2O3/c1-4-22-16(21)18-15(13-8-6-5-7-9-13)19-11-10-17(2,3)12-14(19)20/h5-9,15H,4,10-12H2,1-3H3,(H,18,21). The smallest absolute Gasteiger partial charge is 0.409 e. The van der Waals surface area contributed by atoms with Crippen LogP contribution in [0.3, 0.4) is 0 Å². The second-order valence-corrected chi connectivity index (χ2v) is 6.36. The molecule has 1 unspecified atom stereocenters. The summed E-state index contributed by atoms with van der Waals surface area (Å²) in [5.41, 5.74) is 0.891. The molecule has 1 aliphatic heterocycles. The Balaban J connectivity index is 2.21. The van der Waals surface area contributed by atoms with Crippen LogP contribution in [-0.4, -0.2) is 30.1 Å². The van der Waals surface area contributed by atoms with Crippen molar-refractivity contribution >= 4 is 12.0 Å². The quantitative estimate of drug-likeness (QED) is 0.930. The van der Waals surface area contributed by atoms with Crippen molar-refractivity contribution in [3.8, 4) is 0 Å². The SMILES string of the molecule is CCOC(=O)NC(c1ccccc1)N1CCC(C)(C)CC1=O. The van der Waals surface area contributed by atoms with Crippen molar-refractivity contribution in [2.45, 2.75) is 39.8 Å². The van der Waals surface area contributed by atoms with Crippen molar-refractivity contribution in [2.24, 2.45) is 5.41 Å². The molecule has 0 spiro atoms. The van der Waals surface area contributed by atoms with Gasteiger partial charge in [0.05, 0.1) is 6.61 Å². The summed E-state index contributed by atoms with van der Waals surface area (Å²) in [5.74, 6) is 0.0573. The number of benzene rings is 1. The molecule has 1 aromatic rings. The second-order valence-electron chi connectivity index (χ2n) is 6.36. The summed E-state index contributed by atoms with van der Waals surface area (Å²) in [6, 6.07) is 9.51. The molecule has 5 nitrogen and oxygen atoms in total. The summed E-state index contributed by atoms with van der Waals surface area (Å²) in [7, 11) is 0. The molecule has 1 fully saturated rings. The number of carbonyl (C=O) groups excluding carboxylic acids is 2. The Hall–Kier alpha value is -2.04.